The Morgan fingerprint density at radius 2 is 2.25 bits per heavy atom. The number of carbonyl (C=O) groups excluding carboxylic acids is 1. The number of nitrogens with one attached hydrogen (secondary N) is 2. The molecule has 1 amide bonds. The van der Waals surface area contributed by atoms with E-state index < -0.39 is 0 Å². The molecule has 0 aromatic carbocycles. The number of hydrogen-bond donors (Lipinski definition) is 2. The van der Waals surface area contributed by atoms with Crippen molar-refractivity contribution in [2.24, 2.45) is 0 Å². The Labute approximate surface area is 118 Å². The highest BCUT2D eigenvalue weighted by molar-refractivity contribution is 5.94. The van der Waals surface area contributed by atoms with E-state index in [1.165, 1.54) is 0 Å². The summed E-state index contributed by atoms with van der Waals surface area (Å²) in [5.74, 6) is 1.33. The van der Waals surface area contributed by atoms with Crippen LogP contribution in [0.5, 0.6) is 0 Å². The normalized spacial score (nSPS) is 10.3. The van der Waals surface area contributed by atoms with Gasteiger partial charge in [-0.2, -0.15) is 0 Å². The van der Waals surface area contributed by atoms with E-state index in [1.807, 2.05) is 13.0 Å². The fourth-order valence-corrected chi connectivity index (χ4v) is 1.83. The van der Waals surface area contributed by atoms with Crippen LogP contribution in [-0.2, 0) is 6.54 Å². The number of carbonyl (C=O) groups is 1. The zero-order chi connectivity index (χ0) is 14.4. The van der Waals surface area contributed by atoms with Gasteiger partial charge >= 0.3 is 0 Å². The molecule has 0 radical (unpaired) electrons. The number of rotatable bonds is 6. The third-order valence-electron chi connectivity index (χ3n) is 2.77. The van der Waals surface area contributed by atoms with Crippen LogP contribution in [0.25, 0.3) is 0 Å². The van der Waals surface area contributed by atoms with Gasteiger partial charge in [-0.3, -0.25) is 4.79 Å². The van der Waals surface area contributed by atoms with E-state index in [4.69, 9.17) is 4.42 Å². The molecule has 0 spiro atoms. The van der Waals surface area contributed by atoms with Crippen molar-refractivity contribution < 1.29 is 9.21 Å². The van der Waals surface area contributed by atoms with Gasteiger partial charge in [-0.05, 0) is 37.6 Å². The zero-order valence-corrected chi connectivity index (χ0v) is 11.8. The molecule has 0 saturated carbocycles. The van der Waals surface area contributed by atoms with Gasteiger partial charge in [0.1, 0.15) is 11.6 Å². The molecule has 2 aromatic heterocycles. The molecule has 0 unspecified atom stereocenters. The van der Waals surface area contributed by atoms with E-state index >= 15 is 0 Å². The van der Waals surface area contributed by atoms with Crippen LogP contribution in [0.3, 0.4) is 0 Å². The first-order valence-electron chi connectivity index (χ1n) is 6.72. The minimum absolute atomic E-state index is 0.133. The SMILES string of the molecule is CCCNc1cc(C(=O)NCc2ccco2)cc(C)n1. The summed E-state index contributed by atoms with van der Waals surface area (Å²) in [6.45, 7) is 5.18. The number of furan rings is 1. The topological polar surface area (TPSA) is 67.2 Å². The molecule has 2 rings (SSSR count). The van der Waals surface area contributed by atoms with E-state index in [2.05, 4.69) is 22.5 Å². The molecule has 0 aliphatic heterocycles. The summed E-state index contributed by atoms with van der Waals surface area (Å²) in [5, 5.41) is 6.01. The minimum atomic E-state index is -0.133. The Bertz CT molecular complexity index is 565. The molecular formula is C15H19N3O2. The summed E-state index contributed by atoms with van der Waals surface area (Å²) in [6.07, 6.45) is 2.60. The molecule has 5 heteroatoms. The molecule has 2 N–H and O–H groups in total. The molecule has 0 bridgehead atoms. The van der Waals surface area contributed by atoms with Gasteiger partial charge in [-0.25, -0.2) is 4.98 Å². The predicted molar refractivity (Wildman–Crippen MR) is 77.6 cm³/mol. The van der Waals surface area contributed by atoms with Crippen molar-refractivity contribution in [2.45, 2.75) is 26.8 Å². The second kappa shape index (κ2) is 6.75. The quantitative estimate of drug-likeness (QED) is 0.849. The molecule has 106 valence electrons. The van der Waals surface area contributed by atoms with Crippen LogP contribution in [-0.4, -0.2) is 17.4 Å². The van der Waals surface area contributed by atoms with Crippen molar-refractivity contribution in [1.82, 2.24) is 10.3 Å². The van der Waals surface area contributed by atoms with Gasteiger partial charge in [-0.15, -0.1) is 0 Å². The van der Waals surface area contributed by atoms with Crippen LogP contribution in [0.15, 0.2) is 34.9 Å². The maximum atomic E-state index is 12.1. The van der Waals surface area contributed by atoms with Crippen molar-refractivity contribution in [1.29, 1.82) is 0 Å². The van der Waals surface area contributed by atoms with Crippen LogP contribution in [0.1, 0.15) is 35.2 Å². The molecule has 2 heterocycles. The third-order valence-corrected chi connectivity index (χ3v) is 2.77. The maximum absolute atomic E-state index is 12.1. The Kier molecular flexibility index (Phi) is 4.76. The fourth-order valence-electron chi connectivity index (χ4n) is 1.83. The molecule has 0 aliphatic rings. The number of aryl methyl sites for hydroxylation is 1. The van der Waals surface area contributed by atoms with E-state index in [-0.39, 0.29) is 5.91 Å². The molecule has 0 saturated heterocycles. The summed E-state index contributed by atoms with van der Waals surface area (Å²) in [4.78, 5) is 16.5. The van der Waals surface area contributed by atoms with Crippen molar-refractivity contribution >= 4 is 11.7 Å². The monoisotopic (exact) mass is 273 g/mol. The van der Waals surface area contributed by atoms with Crippen molar-refractivity contribution in [3.05, 3.63) is 47.5 Å². The third kappa shape index (κ3) is 3.85. The van der Waals surface area contributed by atoms with Crippen LogP contribution >= 0.6 is 0 Å². The lowest BCUT2D eigenvalue weighted by molar-refractivity contribution is 0.0948. The number of aromatic nitrogens is 1. The van der Waals surface area contributed by atoms with Gasteiger partial charge in [0.2, 0.25) is 0 Å². The van der Waals surface area contributed by atoms with Crippen LogP contribution in [0.4, 0.5) is 5.82 Å². The van der Waals surface area contributed by atoms with Crippen molar-refractivity contribution in [3.8, 4) is 0 Å². The average Bonchev–Trinajstić information content (AvgIpc) is 2.95. The van der Waals surface area contributed by atoms with E-state index in [9.17, 15) is 4.79 Å². The summed E-state index contributed by atoms with van der Waals surface area (Å²) >= 11 is 0. The highest BCUT2D eigenvalue weighted by Gasteiger charge is 2.09. The molecule has 0 fully saturated rings. The summed E-state index contributed by atoms with van der Waals surface area (Å²) < 4.78 is 5.18. The Balaban J connectivity index is 2.02. The van der Waals surface area contributed by atoms with E-state index in [0.29, 0.717) is 12.1 Å². The maximum Gasteiger partial charge on any atom is 0.251 e. The molecular weight excluding hydrogens is 254 g/mol. The highest BCUT2D eigenvalue weighted by Crippen LogP contribution is 2.10. The van der Waals surface area contributed by atoms with Gasteiger partial charge in [0.25, 0.3) is 5.91 Å². The van der Waals surface area contributed by atoms with Crippen molar-refractivity contribution in [2.75, 3.05) is 11.9 Å². The fraction of sp³-hybridized carbons (Fsp3) is 0.333. The van der Waals surface area contributed by atoms with Gasteiger partial charge in [0, 0.05) is 17.8 Å². The van der Waals surface area contributed by atoms with E-state index in [0.717, 1.165) is 30.2 Å². The first-order chi connectivity index (χ1) is 9.69. The number of pyridine rings is 1. The second-order valence-corrected chi connectivity index (χ2v) is 4.57. The van der Waals surface area contributed by atoms with Crippen LogP contribution in [0.2, 0.25) is 0 Å². The summed E-state index contributed by atoms with van der Waals surface area (Å²) in [7, 11) is 0. The Morgan fingerprint density at radius 1 is 1.40 bits per heavy atom. The Hall–Kier alpha value is -2.30. The summed E-state index contributed by atoms with van der Waals surface area (Å²) in [5.41, 5.74) is 1.41. The largest absolute Gasteiger partial charge is 0.467 e. The first kappa shape index (κ1) is 14.1. The number of anilines is 1. The average molecular weight is 273 g/mol. The lowest BCUT2D eigenvalue weighted by atomic mass is 10.2. The van der Waals surface area contributed by atoms with E-state index in [1.54, 1.807) is 24.5 Å². The molecule has 20 heavy (non-hydrogen) atoms. The lowest BCUT2D eigenvalue weighted by Gasteiger charge is -2.08. The molecule has 2 aromatic rings. The van der Waals surface area contributed by atoms with Gasteiger partial charge in [-0.1, -0.05) is 6.92 Å². The van der Waals surface area contributed by atoms with Crippen LogP contribution in [0, 0.1) is 6.92 Å². The summed E-state index contributed by atoms with van der Waals surface area (Å²) in [6, 6.07) is 7.16. The van der Waals surface area contributed by atoms with Gasteiger partial charge < -0.3 is 15.1 Å². The molecule has 5 nitrogen and oxygen atoms in total. The smallest absolute Gasteiger partial charge is 0.251 e. The van der Waals surface area contributed by atoms with Crippen molar-refractivity contribution in [3.63, 3.8) is 0 Å². The number of nitrogens with zero attached hydrogens (tertiary/aromatic N) is 1. The number of hydrogen-bond acceptors (Lipinski definition) is 4. The van der Waals surface area contributed by atoms with Gasteiger partial charge in [0.05, 0.1) is 12.8 Å². The highest BCUT2D eigenvalue weighted by atomic mass is 16.3. The minimum Gasteiger partial charge on any atom is -0.467 e. The predicted octanol–water partition coefficient (Wildman–Crippen LogP) is 2.73. The standard InChI is InChI=1S/C15H19N3O2/c1-3-6-16-14-9-12(8-11(2)18-14)15(19)17-10-13-5-4-7-20-13/h4-5,7-9H,3,6,10H2,1-2H3,(H,16,18)(H,17,19). The lowest BCUT2D eigenvalue weighted by Crippen LogP contribution is -2.23. The molecule has 0 atom stereocenters. The Morgan fingerprint density at radius 3 is 2.95 bits per heavy atom. The molecule has 0 aliphatic carbocycles. The van der Waals surface area contributed by atoms with Gasteiger partial charge in [0.15, 0.2) is 0 Å². The number of amides is 1. The van der Waals surface area contributed by atoms with Crippen LogP contribution < -0.4 is 10.6 Å². The first-order valence-corrected chi connectivity index (χ1v) is 6.72. The zero-order valence-electron chi connectivity index (χ0n) is 11.8. The second-order valence-electron chi connectivity index (χ2n) is 4.57.